The van der Waals surface area contributed by atoms with E-state index in [4.69, 9.17) is 9.97 Å². The van der Waals surface area contributed by atoms with E-state index in [1.165, 1.54) is 5.56 Å². The fourth-order valence-corrected chi connectivity index (χ4v) is 3.49. The number of benzene rings is 2. The first kappa shape index (κ1) is 17.3. The Labute approximate surface area is 168 Å². The maximum atomic E-state index is 4.96. The molecule has 0 spiro atoms. The number of para-hydroxylation sites is 2. The number of aromatic amines is 1. The van der Waals surface area contributed by atoms with Crippen LogP contribution in [0, 0.1) is 6.92 Å². The molecule has 3 heterocycles. The monoisotopic (exact) mass is 380 g/mol. The van der Waals surface area contributed by atoms with E-state index in [2.05, 4.69) is 58.4 Å². The van der Waals surface area contributed by atoms with Crippen LogP contribution in [0.1, 0.15) is 24.2 Å². The number of H-pyrrole nitrogens is 1. The van der Waals surface area contributed by atoms with Crippen LogP contribution in [0.5, 0.6) is 0 Å². The van der Waals surface area contributed by atoms with Crippen molar-refractivity contribution in [2.75, 3.05) is 5.32 Å². The first-order valence-electron chi connectivity index (χ1n) is 9.57. The van der Waals surface area contributed by atoms with E-state index < -0.39 is 0 Å². The van der Waals surface area contributed by atoms with Crippen molar-refractivity contribution >= 4 is 27.9 Å². The fourth-order valence-electron chi connectivity index (χ4n) is 3.49. The van der Waals surface area contributed by atoms with Gasteiger partial charge in [-0.15, -0.1) is 0 Å². The number of nitrogens with zero attached hydrogens (tertiary/aromatic N) is 4. The highest BCUT2D eigenvalue weighted by Crippen LogP contribution is 2.30. The maximum absolute atomic E-state index is 4.96. The van der Waals surface area contributed by atoms with Crippen molar-refractivity contribution in [3.05, 3.63) is 78.4 Å². The molecule has 2 N–H and O–H groups in total. The van der Waals surface area contributed by atoms with Crippen LogP contribution < -0.4 is 5.32 Å². The Kier molecular flexibility index (Phi) is 4.17. The number of anilines is 1. The molecule has 3 aromatic heterocycles. The molecule has 0 saturated heterocycles. The van der Waals surface area contributed by atoms with Gasteiger partial charge in [-0.3, -0.25) is 0 Å². The molecular weight excluding hydrogens is 360 g/mol. The van der Waals surface area contributed by atoms with Crippen molar-refractivity contribution in [2.24, 2.45) is 0 Å². The van der Waals surface area contributed by atoms with E-state index in [0.717, 1.165) is 44.8 Å². The SMILES string of the molecule is Cc1ccc(-c2nc3ccccc3nc2C(C)Nc2nccc3[nH]cnc23)cc1. The third kappa shape index (κ3) is 3.18. The minimum absolute atomic E-state index is 0.113. The third-order valence-corrected chi connectivity index (χ3v) is 5.02. The average molecular weight is 380 g/mol. The summed E-state index contributed by atoms with van der Waals surface area (Å²) in [6, 6.07) is 18.1. The molecule has 29 heavy (non-hydrogen) atoms. The molecule has 0 radical (unpaired) electrons. The quantitative estimate of drug-likeness (QED) is 0.456. The summed E-state index contributed by atoms with van der Waals surface area (Å²) in [5, 5.41) is 3.48. The summed E-state index contributed by atoms with van der Waals surface area (Å²) in [4.78, 5) is 21.9. The van der Waals surface area contributed by atoms with E-state index >= 15 is 0 Å². The minimum atomic E-state index is -0.113. The lowest BCUT2D eigenvalue weighted by Crippen LogP contribution is -2.12. The van der Waals surface area contributed by atoms with Crippen molar-refractivity contribution in [1.82, 2.24) is 24.9 Å². The molecular formula is C23H20N6. The van der Waals surface area contributed by atoms with Crippen molar-refractivity contribution in [1.29, 1.82) is 0 Å². The van der Waals surface area contributed by atoms with Crippen molar-refractivity contribution < 1.29 is 0 Å². The van der Waals surface area contributed by atoms with E-state index in [1.54, 1.807) is 12.5 Å². The molecule has 2 aromatic carbocycles. The lowest BCUT2D eigenvalue weighted by atomic mass is 10.0. The number of imidazole rings is 1. The molecule has 6 nitrogen and oxygen atoms in total. The fraction of sp³-hybridized carbons (Fsp3) is 0.130. The van der Waals surface area contributed by atoms with Gasteiger partial charge in [0.1, 0.15) is 5.52 Å². The summed E-state index contributed by atoms with van der Waals surface area (Å²) >= 11 is 0. The standard InChI is InChI=1S/C23H20N6/c1-14-7-9-16(10-8-14)21-20(28-17-5-3-4-6-18(17)29-21)15(2)27-23-22-19(11-12-24-23)25-13-26-22/h3-13,15H,1-2H3,(H,24,27)(H,25,26). The Balaban J connectivity index is 1.63. The first-order valence-corrected chi connectivity index (χ1v) is 9.57. The summed E-state index contributed by atoms with van der Waals surface area (Å²) in [7, 11) is 0. The molecule has 0 saturated carbocycles. The third-order valence-electron chi connectivity index (χ3n) is 5.02. The molecule has 0 amide bonds. The van der Waals surface area contributed by atoms with Gasteiger partial charge in [0, 0.05) is 11.8 Å². The maximum Gasteiger partial charge on any atom is 0.154 e. The van der Waals surface area contributed by atoms with Gasteiger partial charge in [-0.2, -0.15) is 0 Å². The molecule has 1 unspecified atom stereocenters. The van der Waals surface area contributed by atoms with Crippen LogP contribution in [-0.2, 0) is 0 Å². The highest BCUT2D eigenvalue weighted by Gasteiger charge is 2.18. The molecule has 142 valence electrons. The number of hydrogen-bond acceptors (Lipinski definition) is 5. The van der Waals surface area contributed by atoms with Crippen LogP contribution in [0.25, 0.3) is 33.3 Å². The van der Waals surface area contributed by atoms with Gasteiger partial charge in [0.05, 0.1) is 40.3 Å². The van der Waals surface area contributed by atoms with E-state index in [-0.39, 0.29) is 6.04 Å². The van der Waals surface area contributed by atoms with Gasteiger partial charge in [0.25, 0.3) is 0 Å². The first-order chi connectivity index (χ1) is 14.2. The van der Waals surface area contributed by atoms with Crippen LogP contribution in [0.3, 0.4) is 0 Å². The largest absolute Gasteiger partial charge is 0.360 e. The minimum Gasteiger partial charge on any atom is -0.360 e. The van der Waals surface area contributed by atoms with Crippen LogP contribution >= 0.6 is 0 Å². The van der Waals surface area contributed by atoms with Gasteiger partial charge >= 0.3 is 0 Å². The highest BCUT2D eigenvalue weighted by molar-refractivity contribution is 5.85. The number of aromatic nitrogens is 5. The van der Waals surface area contributed by atoms with Gasteiger partial charge in [-0.1, -0.05) is 42.0 Å². The summed E-state index contributed by atoms with van der Waals surface area (Å²) in [5.41, 5.74) is 7.51. The number of hydrogen-bond donors (Lipinski definition) is 2. The van der Waals surface area contributed by atoms with Gasteiger partial charge < -0.3 is 10.3 Å². The number of nitrogens with one attached hydrogen (secondary N) is 2. The lowest BCUT2D eigenvalue weighted by Gasteiger charge is -2.18. The Morgan fingerprint density at radius 3 is 2.45 bits per heavy atom. The Morgan fingerprint density at radius 1 is 0.897 bits per heavy atom. The zero-order chi connectivity index (χ0) is 19.8. The number of aryl methyl sites for hydroxylation is 1. The normalized spacial score (nSPS) is 12.3. The summed E-state index contributed by atoms with van der Waals surface area (Å²) in [6.45, 7) is 4.15. The van der Waals surface area contributed by atoms with Crippen LogP contribution in [0.4, 0.5) is 5.82 Å². The summed E-state index contributed by atoms with van der Waals surface area (Å²) < 4.78 is 0. The second kappa shape index (κ2) is 6.98. The van der Waals surface area contributed by atoms with Crippen LogP contribution in [0.15, 0.2) is 67.1 Å². The van der Waals surface area contributed by atoms with Crippen molar-refractivity contribution in [3.8, 4) is 11.3 Å². The molecule has 6 heteroatoms. The lowest BCUT2D eigenvalue weighted by molar-refractivity contribution is 0.836. The molecule has 0 aliphatic rings. The van der Waals surface area contributed by atoms with Gasteiger partial charge in [-0.25, -0.2) is 19.9 Å². The van der Waals surface area contributed by atoms with Crippen molar-refractivity contribution in [2.45, 2.75) is 19.9 Å². The van der Waals surface area contributed by atoms with Crippen molar-refractivity contribution in [3.63, 3.8) is 0 Å². The van der Waals surface area contributed by atoms with E-state index in [1.807, 2.05) is 30.3 Å². The Bertz CT molecular complexity index is 1310. The van der Waals surface area contributed by atoms with Gasteiger partial charge in [0.2, 0.25) is 0 Å². The number of fused-ring (bicyclic) bond motifs is 2. The van der Waals surface area contributed by atoms with Gasteiger partial charge in [-0.05, 0) is 32.0 Å². The smallest absolute Gasteiger partial charge is 0.154 e. The zero-order valence-electron chi connectivity index (χ0n) is 16.2. The predicted molar refractivity (Wildman–Crippen MR) is 116 cm³/mol. The predicted octanol–water partition coefficient (Wildman–Crippen LogP) is 5.05. The van der Waals surface area contributed by atoms with Crippen LogP contribution in [-0.4, -0.2) is 24.9 Å². The van der Waals surface area contributed by atoms with Crippen LogP contribution in [0.2, 0.25) is 0 Å². The zero-order valence-corrected chi connectivity index (χ0v) is 16.2. The average Bonchev–Trinajstić information content (AvgIpc) is 3.23. The molecule has 0 aliphatic carbocycles. The highest BCUT2D eigenvalue weighted by atomic mass is 15.1. The van der Waals surface area contributed by atoms with E-state index in [9.17, 15) is 0 Å². The molecule has 5 aromatic rings. The molecule has 0 fully saturated rings. The molecule has 0 aliphatic heterocycles. The molecule has 1 atom stereocenters. The summed E-state index contributed by atoms with van der Waals surface area (Å²) in [6.07, 6.45) is 3.44. The topological polar surface area (TPSA) is 79.4 Å². The molecule has 0 bridgehead atoms. The Morgan fingerprint density at radius 2 is 1.66 bits per heavy atom. The second-order valence-corrected chi connectivity index (χ2v) is 7.14. The Hall–Kier alpha value is -3.80. The number of pyridine rings is 1. The number of rotatable bonds is 4. The second-order valence-electron chi connectivity index (χ2n) is 7.14. The molecule has 5 rings (SSSR count). The van der Waals surface area contributed by atoms with E-state index in [0.29, 0.717) is 0 Å². The van der Waals surface area contributed by atoms with Gasteiger partial charge in [0.15, 0.2) is 5.82 Å². The summed E-state index contributed by atoms with van der Waals surface area (Å²) in [5.74, 6) is 0.723.